The van der Waals surface area contributed by atoms with Crippen molar-refractivity contribution in [3.63, 3.8) is 0 Å². The molecule has 1 unspecified atom stereocenters. The van der Waals surface area contributed by atoms with Gasteiger partial charge in [-0.15, -0.1) is 0 Å². The Kier molecular flexibility index (Phi) is 14.3. The number of anilines is 1. The number of aromatic nitrogens is 2. The number of ether oxygens (including phenoxy) is 5. The Morgan fingerprint density at radius 2 is 1.90 bits per heavy atom. The molecule has 3 aromatic rings. The zero-order chi connectivity index (χ0) is 46.0. The van der Waals surface area contributed by atoms with E-state index in [9.17, 15) is 24.3 Å². The van der Waals surface area contributed by atoms with Gasteiger partial charge < -0.3 is 43.2 Å². The normalized spacial score (nSPS) is 28.3. The summed E-state index contributed by atoms with van der Waals surface area (Å²) >= 11 is 6.82. The largest absolute Gasteiger partial charge is 0.495 e. The average molecular weight is 894 g/mol. The monoisotopic (exact) mass is 893 g/mol. The number of likely N-dealkylation sites (N-methyl/N-ethyl adjacent to an activating group) is 1. The van der Waals surface area contributed by atoms with Gasteiger partial charge in [0.25, 0.3) is 0 Å². The number of aryl methyl sites for hydroxylation is 1. The molecule has 17 nitrogen and oxygen atoms in total. The van der Waals surface area contributed by atoms with Crippen molar-refractivity contribution >= 4 is 52.2 Å². The molecule has 6 heterocycles. The molecule has 2 fully saturated rings. The average Bonchev–Trinajstić information content (AvgIpc) is 3.58. The lowest BCUT2D eigenvalue weighted by atomic mass is 9.72. The van der Waals surface area contributed by atoms with Crippen LogP contribution in [0.1, 0.15) is 64.6 Å². The molecular weight excluding hydrogens is 834 g/mol. The second kappa shape index (κ2) is 19.0. The molecule has 1 aromatic carbocycles. The topological polar surface area (TPSA) is 186 Å². The van der Waals surface area contributed by atoms with Crippen LogP contribution in [0.5, 0.6) is 5.75 Å². The molecule has 2 saturated heterocycles. The number of rotatable bonds is 11. The second-order valence-corrected chi connectivity index (χ2v) is 17.6. The lowest BCUT2D eigenvalue weighted by Crippen LogP contribution is -2.72. The van der Waals surface area contributed by atoms with Gasteiger partial charge in [-0.3, -0.25) is 20.3 Å². The number of allylic oxidation sites excluding steroid dienone is 3. The number of carbonyl (C=O) groups excluding carboxylic acids is 4. The van der Waals surface area contributed by atoms with Crippen LogP contribution in [-0.4, -0.2) is 132 Å². The first-order valence-electron chi connectivity index (χ1n) is 20.9. The van der Waals surface area contributed by atoms with Crippen molar-refractivity contribution in [3.05, 3.63) is 76.6 Å². The Morgan fingerprint density at radius 1 is 1.17 bits per heavy atom. The maximum absolute atomic E-state index is 14.4. The Balaban J connectivity index is 1.28. The first-order valence-corrected chi connectivity index (χ1v) is 21.3. The third kappa shape index (κ3) is 10.0. The first kappa shape index (κ1) is 47.4. The molecule has 342 valence electrons. The number of halogens is 1. The molecule has 0 spiro atoms. The van der Waals surface area contributed by atoms with Crippen LogP contribution < -0.4 is 20.4 Å². The summed E-state index contributed by atoms with van der Waals surface area (Å²) in [6.45, 7) is 7.80. The number of amides is 3. The molecule has 3 amide bonds. The van der Waals surface area contributed by atoms with Crippen molar-refractivity contribution in [1.82, 2.24) is 30.2 Å². The number of hydrogen-bond donors (Lipinski definition) is 3. The van der Waals surface area contributed by atoms with E-state index in [4.69, 9.17) is 35.3 Å². The van der Waals surface area contributed by atoms with Crippen LogP contribution >= 0.6 is 11.6 Å². The van der Waals surface area contributed by atoms with E-state index in [1.807, 2.05) is 54.9 Å². The van der Waals surface area contributed by atoms with Gasteiger partial charge in [-0.25, -0.2) is 19.6 Å². The van der Waals surface area contributed by atoms with Gasteiger partial charge in [-0.05, 0) is 77.1 Å². The van der Waals surface area contributed by atoms with Crippen molar-refractivity contribution in [2.75, 3.05) is 47.3 Å². The van der Waals surface area contributed by atoms with Crippen LogP contribution in [0, 0.1) is 0 Å². The molecule has 3 N–H and O–H groups in total. The predicted octanol–water partition coefficient (Wildman–Crippen LogP) is 4.66. The Labute approximate surface area is 373 Å². The van der Waals surface area contributed by atoms with Crippen molar-refractivity contribution in [1.29, 1.82) is 0 Å². The minimum Gasteiger partial charge on any atom is -0.495 e. The molecule has 18 heteroatoms. The number of esters is 1. The summed E-state index contributed by atoms with van der Waals surface area (Å²) in [7, 11) is 9.77. The number of pyridine rings is 1. The number of nitrogens with one attached hydrogen (secondary N) is 2. The molecule has 6 bridgehead atoms. The second-order valence-electron chi connectivity index (χ2n) is 17.2. The number of hydrogen-bond acceptors (Lipinski definition) is 13. The van der Waals surface area contributed by atoms with Crippen LogP contribution in [0.3, 0.4) is 0 Å². The fourth-order valence-electron chi connectivity index (χ4n) is 8.74. The molecule has 4 aliphatic rings. The van der Waals surface area contributed by atoms with Crippen LogP contribution in [0.4, 0.5) is 10.5 Å². The fourth-order valence-corrected chi connectivity index (χ4v) is 9.05. The van der Waals surface area contributed by atoms with E-state index >= 15 is 0 Å². The summed E-state index contributed by atoms with van der Waals surface area (Å²) < 4.78 is 31.8. The summed E-state index contributed by atoms with van der Waals surface area (Å²) in [6, 6.07) is 8.40. The number of nitrogens with zero attached hydrogens (tertiary/aromatic N) is 5. The van der Waals surface area contributed by atoms with Crippen LogP contribution in [0.25, 0.3) is 11.0 Å². The summed E-state index contributed by atoms with van der Waals surface area (Å²) in [5.74, 6) is -1.15. The SMILES string of the molecule is CNN(C)Cc1cc2cccnc2n1CCC(=O)N(C)[C@@H](C)C(=O)O[C@H]1CC(=O)N(C)c2cc(cc(OC)c2Cl)C/C(C)=C/C=C/[C@@H](OC)[C@@]2(O)C[C@H](OC(=O)N2)C2(C)C[C@@]1(C)O2. The zero-order valence-corrected chi connectivity index (χ0v) is 38.4. The van der Waals surface area contributed by atoms with Gasteiger partial charge in [-0.1, -0.05) is 35.4 Å². The molecule has 7 rings (SSSR count). The lowest BCUT2D eigenvalue weighted by molar-refractivity contribution is -0.328. The predicted molar refractivity (Wildman–Crippen MR) is 236 cm³/mol. The fraction of sp³-hybridized carbons (Fsp3) is 0.533. The van der Waals surface area contributed by atoms with E-state index in [1.54, 1.807) is 58.3 Å². The van der Waals surface area contributed by atoms with Crippen LogP contribution in [0.15, 0.2) is 60.3 Å². The van der Waals surface area contributed by atoms with Crippen LogP contribution in [-0.2, 0) is 52.8 Å². The smallest absolute Gasteiger partial charge is 0.409 e. The number of methoxy groups -OCH3 is 2. The molecule has 0 aliphatic carbocycles. The standard InChI is InChI=1S/C45H60ClN7O10/c1-27-13-11-15-34(60-10)45(58)24-36(62-42(57)49-45)44(4)26-43(3,63-44)35(23-38(55)52(8)32-20-29(19-27)21-33(59-9)39(32)46)61-41(56)28(2)51(7)37(54)16-18-53-31(25-50(6)47-5)22-30-14-12-17-48-40(30)53/h11-15,17,20-22,28,34-36,47,58H,16,18-19,23-26H2,1-10H3,(H,49,57)/b15-11+,27-13+/t28-,34+,35-,36-,43+,44?,45-/m0/s1. The number of aliphatic hydroxyl groups is 1. The summed E-state index contributed by atoms with van der Waals surface area (Å²) in [5, 5.41) is 17.5. The van der Waals surface area contributed by atoms with E-state index in [0.29, 0.717) is 30.9 Å². The number of alkyl carbamates (subject to hydrolysis) is 1. The summed E-state index contributed by atoms with van der Waals surface area (Å²) in [4.78, 5) is 62.6. The van der Waals surface area contributed by atoms with Gasteiger partial charge in [0.15, 0.2) is 5.72 Å². The van der Waals surface area contributed by atoms with E-state index in [-0.39, 0.29) is 36.6 Å². The summed E-state index contributed by atoms with van der Waals surface area (Å²) in [5.41, 5.74) is 2.55. The van der Waals surface area contributed by atoms with E-state index in [1.165, 1.54) is 31.1 Å². The first-order chi connectivity index (χ1) is 29.7. The molecule has 0 saturated carbocycles. The highest BCUT2D eigenvalue weighted by atomic mass is 35.5. The Morgan fingerprint density at radius 3 is 2.59 bits per heavy atom. The molecule has 7 atom stereocenters. The van der Waals surface area contributed by atoms with Gasteiger partial charge in [0.1, 0.15) is 52.0 Å². The number of fused-ring (bicyclic) bond motifs is 7. The van der Waals surface area contributed by atoms with Gasteiger partial charge >= 0.3 is 12.1 Å². The third-order valence-corrected chi connectivity index (χ3v) is 12.9. The minimum absolute atomic E-state index is 0.0657. The maximum Gasteiger partial charge on any atom is 0.409 e. The maximum atomic E-state index is 14.4. The van der Waals surface area contributed by atoms with Crippen molar-refractivity contribution in [2.24, 2.45) is 0 Å². The summed E-state index contributed by atoms with van der Waals surface area (Å²) in [6.07, 6.45) is 3.16. The molecular formula is C45H60ClN7O10. The van der Waals surface area contributed by atoms with Gasteiger partial charge in [-0.2, -0.15) is 0 Å². The Hall–Kier alpha value is -5.04. The Bertz CT molecular complexity index is 2270. The number of carbonyl (C=O) groups is 4. The van der Waals surface area contributed by atoms with Crippen molar-refractivity contribution in [3.8, 4) is 5.75 Å². The molecule has 2 aromatic heterocycles. The van der Waals surface area contributed by atoms with Gasteiger partial charge in [0.05, 0.1) is 25.8 Å². The lowest BCUT2D eigenvalue weighted by Gasteiger charge is -2.59. The minimum atomic E-state index is -1.88. The number of hydrazine groups is 1. The van der Waals surface area contributed by atoms with Crippen LogP contribution in [0.2, 0.25) is 5.02 Å². The van der Waals surface area contributed by atoms with Crippen molar-refractivity contribution in [2.45, 2.75) is 114 Å². The highest BCUT2D eigenvalue weighted by Crippen LogP contribution is 2.50. The molecule has 0 radical (unpaired) electrons. The zero-order valence-electron chi connectivity index (χ0n) is 37.7. The quantitative estimate of drug-likeness (QED) is 0.179. The van der Waals surface area contributed by atoms with Crippen molar-refractivity contribution < 1.29 is 48.0 Å². The highest BCUT2D eigenvalue weighted by molar-refractivity contribution is 6.35. The molecule has 63 heavy (non-hydrogen) atoms. The highest BCUT2D eigenvalue weighted by Gasteiger charge is 2.63. The van der Waals surface area contributed by atoms with Gasteiger partial charge in [0, 0.05) is 71.3 Å². The molecule has 4 aliphatic heterocycles. The van der Waals surface area contributed by atoms with Gasteiger partial charge in [0.2, 0.25) is 11.8 Å². The number of benzene rings is 1. The third-order valence-electron chi connectivity index (χ3n) is 12.5. The van der Waals surface area contributed by atoms with E-state index in [2.05, 4.69) is 15.7 Å². The van der Waals surface area contributed by atoms with E-state index in [0.717, 1.165) is 27.9 Å². The van der Waals surface area contributed by atoms with E-state index < -0.39 is 59.3 Å².